The molecule has 32 heavy (non-hydrogen) atoms. The summed E-state index contributed by atoms with van der Waals surface area (Å²) in [7, 11) is 0. The SMILES string of the molecule is OC1CCC(Nc2nc(Cc3ccccc3)cc(Cc3nc4cc(F)ccc4s3)n2)CC1. The Morgan fingerprint density at radius 1 is 0.906 bits per heavy atom. The molecule has 5 rings (SSSR count). The molecule has 5 nitrogen and oxygen atoms in total. The van der Waals surface area contributed by atoms with E-state index in [0.717, 1.165) is 53.2 Å². The lowest BCUT2D eigenvalue weighted by Gasteiger charge is -2.26. The molecule has 0 radical (unpaired) electrons. The van der Waals surface area contributed by atoms with E-state index in [-0.39, 0.29) is 18.0 Å². The molecule has 1 aliphatic rings. The van der Waals surface area contributed by atoms with Crippen molar-refractivity contribution in [1.29, 1.82) is 0 Å². The zero-order chi connectivity index (χ0) is 21.9. The topological polar surface area (TPSA) is 70.9 Å². The van der Waals surface area contributed by atoms with Gasteiger partial charge in [0.05, 0.1) is 32.7 Å². The monoisotopic (exact) mass is 448 g/mol. The first-order valence-corrected chi connectivity index (χ1v) is 11.8. The van der Waals surface area contributed by atoms with Crippen LogP contribution in [0.4, 0.5) is 10.3 Å². The molecular formula is C25H25FN4OS. The van der Waals surface area contributed by atoms with E-state index in [1.165, 1.54) is 17.7 Å². The maximum Gasteiger partial charge on any atom is 0.223 e. The number of anilines is 1. The summed E-state index contributed by atoms with van der Waals surface area (Å²) in [5, 5.41) is 14.2. The minimum Gasteiger partial charge on any atom is -0.393 e. The third kappa shape index (κ3) is 5.11. The molecule has 1 saturated carbocycles. The summed E-state index contributed by atoms with van der Waals surface area (Å²) in [6.07, 6.45) is 4.52. The maximum atomic E-state index is 13.6. The van der Waals surface area contributed by atoms with Crippen LogP contribution in [0, 0.1) is 5.82 Å². The number of thiazole rings is 1. The van der Waals surface area contributed by atoms with Crippen molar-refractivity contribution < 1.29 is 9.50 Å². The van der Waals surface area contributed by atoms with E-state index in [2.05, 4.69) is 22.4 Å². The van der Waals surface area contributed by atoms with Gasteiger partial charge in [-0.15, -0.1) is 11.3 Å². The highest BCUT2D eigenvalue weighted by Gasteiger charge is 2.20. The normalized spacial score (nSPS) is 18.7. The molecule has 7 heteroatoms. The number of aliphatic hydroxyl groups is 1. The first-order chi connectivity index (χ1) is 15.6. The first kappa shape index (κ1) is 21.0. The predicted molar refractivity (Wildman–Crippen MR) is 126 cm³/mol. The van der Waals surface area contributed by atoms with Crippen LogP contribution in [0.1, 0.15) is 47.6 Å². The van der Waals surface area contributed by atoms with Crippen LogP contribution in [-0.2, 0) is 12.8 Å². The summed E-state index contributed by atoms with van der Waals surface area (Å²) < 4.78 is 14.5. The van der Waals surface area contributed by atoms with Gasteiger partial charge in [-0.1, -0.05) is 30.3 Å². The molecule has 0 bridgehead atoms. The number of fused-ring (bicyclic) bond motifs is 1. The lowest BCUT2D eigenvalue weighted by Crippen LogP contribution is -2.29. The van der Waals surface area contributed by atoms with Crippen LogP contribution in [0.3, 0.4) is 0 Å². The molecule has 0 spiro atoms. The highest BCUT2D eigenvalue weighted by molar-refractivity contribution is 7.18. The van der Waals surface area contributed by atoms with Gasteiger partial charge in [-0.05, 0) is 49.4 Å². The van der Waals surface area contributed by atoms with Crippen LogP contribution in [0.2, 0.25) is 0 Å². The second-order valence-electron chi connectivity index (χ2n) is 8.38. The fourth-order valence-electron chi connectivity index (χ4n) is 4.19. The maximum absolute atomic E-state index is 13.6. The molecule has 2 aromatic heterocycles. The van der Waals surface area contributed by atoms with Crippen molar-refractivity contribution in [3.63, 3.8) is 0 Å². The Bertz CT molecular complexity index is 1210. The number of halogens is 1. The molecule has 164 valence electrons. The number of nitrogens with zero attached hydrogens (tertiary/aromatic N) is 3. The summed E-state index contributed by atoms with van der Waals surface area (Å²) in [6, 6.07) is 17.3. The van der Waals surface area contributed by atoms with E-state index in [1.807, 2.05) is 24.3 Å². The zero-order valence-corrected chi connectivity index (χ0v) is 18.5. The van der Waals surface area contributed by atoms with Gasteiger partial charge in [0.25, 0.3) is 0 Å². The molecule has 1 aliphatic carbocycles. The fourth-order valence-corrected chi connectivity index (χ4v) is 5.15. The average Bonchev–Trinajstić information content (AvgIpc) is 3.17. The minimum atomic E-state index is -0.273. The van der Waals surface area contributed by atoms with Crippen molar-refractivity contribution in [3.05, 3.63) is 82.4 Å². The van der Waals surface area contributed by atoms with Crippen LogP contribution < -0.4 is 5.32 Å². The molecule has 0 amide bonds. The van der Waals surface area contributed by atoms with Gasteiger partial charge in [0.15, 0.2) is 0 Å². The van der Waals surface area contributed by atoms with Crippen LogP contribution in [-0.4, -0.2) is 32.2 Å². The van der Waals surface area contributed by atoms with Gasteiger partial charge < -0.3 is 10.4 Å². The number of rotatable bonds is 6. The lowest BCUT2D eigenvalue weighted by molar-refractivity contribution is 0.126. The van der Waals surface area contributed by atoms with Crippen molar-refractivity contribution in [2.75, 3.05) is 5.32 Å². The Morgan fingerprint density at radius 2 is 1.66 bits per heavy atom. The third-order valence-electron chi connectivity index (χ3n) is 5.82. The smallest absolute Gasteiger partial charge is 0.223 e. The van der Waals surface area contributed by atoms with Gasteiger partial charge >= 0.3 is 0 Å². The Balaban J connectivity index is 1.42. The van der Waals surface area contributed by atoms with Crippen molar-refractivity contribution in [1.82, 2.24) is 15.0 Å². The van der Waals surface area contributed by atoms with Crippen molar-refractivity contribution in [2.45, 2.75) is 50.7 Å². The van der Waals surface area contributed by atoms with Gasteiger partial charge in [0.1, 0.15) is 5.82 Å². The molecule has 0 unspecified atom stereocenters. The highest BCUT2D eigenvalue weighted by atomic mass is 32.1. The van der Waals surface area contributed by atoms with Crippen LogP contribution in [0.5, 0.6) is 0 Å². The second-order valence-corrected chi connectivity index (χ2v) is 9.50. The van der Waals surface area contributed by atoms with Crippen LogP contribution in [0.25, 0.3) is 10.2 Å². The Morgan fingerprint density at radius 3 is 2.44 bits per heavy atom. The quantitative estimate of drug-likeness (QED) is 0.428. The number of benzene rings is 2. The van der Waals surface area contributed by atoms with E-state index in [4.69, 9.17) is 9.97 Å². The number of hydrogen-bond donors (Lipinski definition) is 2. The van der Waals surface area contributed by atoms with Gasteiger partial charge in [0, 0.05) is 24.9 Å². The molecule has 2 heterocycles. The van der Waals surface area contributed by atoms with E-state index >= 15 is 0 Å². The minimum absolute atomic E-state index is 0.196. The Hall–Kier alpha value is -2.90. The number of nitrogens with one attached hydrogen (secondary N) is 1. The van der Waals surface area contributed by atoms with Gasteiger partial charge in [-0.25, -0.2) is 19.3 Å². The summed E-state index contributed by atoms with van der Waals surface area (Å²) in [6.45, 7) is 0. The Labute approximate surface area is 190 Å². The van der Waals surface area contributed by atoms with E-state index in [9.17, 15) is 9.50 Å². The third-order valence-corrected chi connectivity index (χ3v) is 6.85. The Kier molecular flexibility index (Phi) is 6.10. The van der Waals surface area contributed by atoms with E-state index < -0.39 is 0 Å². The number of hydrogen-bond acceptors (Lipinski definition) is 6. The van der Waals surface area contributed by atoms with E-state index in [0.29, 0.717) is 17.9 Å². The lowest BCUT2D eigenvalue weighted by atomic mass is 9.93. The summed E-state index contributed by atoms with van der Waals surface area (Å²) in [5.74, 6) is 0.354. The van der Waals surface area contributed by atoms with E-state index in [1.54, 1.807) is 17.4 Å². The van der Waals surface area contributed by atoms with Gasteiger partial charge in [-0.3, -0.25) is 0 Å². The van der Waals surface area contributed by atoms with Crippen LogP contribution >= 0.6 is 11.3 Å². The van der Waals surface area contributed by atoms with Crippen molar-refractivity contribution >= 4 is 27.5 Å². The molecule has 1 fully saturated rings. The molecule has 0 aliphatic heterocycles. The largest absolute Gasteiger partial charge is 0.393 e. The second kappa shape index (κ2) is 9.30. The number of aliphatic hydroxyl groups excluding tert-OH is 1. The average molecular weight is 449 g/mol. The van der Waals surface area contributed by atoms with Gasteiger partial charge in [-0.2, -0.15) is 0 Å². The highest BCUT2D eigenvalue weighted by Crippen LogP contribution is 2.26. The number of aromatic nitrogens is 3. The first-order valence-electron chi connectivity index (χ1n) is 11.0. The molecule has 4 aromatic rings. The standard InChI is InChI=1S/C25H25FN4OS/c26-17-6-11-23-22(13-17)30-24(32-23)15-20-14-19(12-16-4-2-1-3-5-16)28-25(29-20)27-18-7-9-21(31)10-8-18/h1-6,11,13-14,18,21,31H,7-10,12,15H2,(H,27,28,29). The fraction of sp³-hybridized carbons (Fsp3) is 0.320. The molecule has 0 atom stereocenters. The summed E-state index contributed by atoms with van der Waals surface area (Å²) in [5.41, 5.74) is 3.72. The summed E-state index contributed by atoms with van der Waals surface area (Å²) >= 11 is 1.57. The molecule has 2 N–H and O–H groups in total. The van der Waals surface area contributed by atoms with Crippen LogP contribution in [0.15, 0.2) is 54.6 Å². The summed E-state index contributed by atoms with van der Waals surface area (Å²) in [4.78, 5) is 14.2. The predicted octanol–water partition coefficient (Wildman–Crippen LogP) is 5.12. The molecule has 2 aromatic carbocycles. The zero-order valence-electron chi connectivity index (χ0n) is 17.7. The molecule has 0 saturated heterocycles. The van der Waals surface area contributed by atoms with Gasteiger partial charge in [0.2, 0.25) is 5.95 Å². The van der Waals surface area contributed by atoms with Crippen molar-refractivity contribution in [3.8, 4) is 0 Å². The van der Waals surface area contributed by atoms with Crippen molar-refractivity contribution in [2.24, 2.45) is 0 Å². The molecular weight excluding hydrogens is 423 g/mol.